The first-order valence-corrected chi connectivity index (χ1v) is 9.96. The Hall–Kier alpha value is -1.60. The molecule has 0 aliphatic carbocycles. The fraction of sp³-hybridized carbons (Fsp3) is 0.588. The first-order chi connectivity index (χ1) is 11.3. The van der Waals surface area contributed by atoms with Crippen LogP contribution >= 0.6 is 0 Å². The van der Waals surface area contributed by atoms with Gasteiger partial charge in [0.25, 0.3) is 0 Å². The Bertz CT molecular complexity index is 648. The molecule has 2 rings (SSSR count). The average Bonchev–Trinajstić information content (AvgIpc) is 2.60. The Morgan fingerprint density at radius 2 is 1.79 bits per heavy atom. The number of carbonyl (C=O) groups excluding carboxylic acids is 1. The zero-order valence-electron chi connectivity index (χ0n) is 14.7. The number of carbonyl (C=O) groups is 1. The van der Waals surface area contributed by atoms with E-state index in [1.165, 1.54) is 4.31 Å². The van der Waals surface area contributed by atoms with Crippen LogP contribution in [0, 0.1) is 5.92 Å². The molecule has 6 nitrogen and oxygen atoms in total. The van der Waals surface area contributed by atoms with Gasteiger partial charge < -0.3 is 10.2 Å². The number of sulfonamides is 1. The number of nitrogens with zero attached hydrogens (tertiary/aromatic N) is 2. The molecule has 1 heterocycles. The molecule has 1 aliphatic rings. The van der Waals surface area contributed by atoms with Crippen LogP contribution in [0.1, 0.15) is 25.3 Å². The summed E-state index contributed by atoms with van der Waals surface area (Å²) in [6.45, 7) is 3.02. The van der Waals surface area contributed by atoms with E-state index in [2.05, 4.69) is 5.32 Å². The van der Waals surface area contributed by atoms with Crippen LogP contribution in [0.2, 0.25) is 0 Å². The Labute approximate surface area is 144 Å². The quantitative estimate of drug-likeness (QED) is 0.840. The van der Waals surface area contributed by atoms with Crippen LogP contribution in [0.25, 0.3) is 0 Å². The van der Waals surface area contributed by atoms with Crippen molar-refractivity contribution in [1.82, 2.24) is 9.62 Å². The monoisotopic (exact) mass is 353 g/mol. The van der Waals surface area contributed by atoms with Gasteiger partial charge in [-0.2, -0.15) is 0 Å². The third-order valence-corrected chi connectivity index (χ3v) is 6.38. The van der Waals surface area contributed by atoms with E-state index in [1.54, 1.807) is 6.92 Å². The van der Waals surface area contributed by atoms with Crippen molar-refractivity contribution in [3.05, 3.63) is 29.8 Å². The summed E-state index contributed by atoms with van der Waals surface area (Å²) in [7, 11) is 0.837. The second-order valence-corrected chi connectivity index (χ2v) is 8.61. The minimum absolute atomic E-state index is 0.0141. The number of piperidine rings is 1. The van der Waals surface area contributed by atoms with Gasteiger partial charge in [0.05, 0.1) is 5.75 Å². The Morgan fingerprint density at radius 1 is 1.21 bits per heavy atom. The minimum atomic E-state index is -3.14. The highest BCUT2D eigenvalue weighted by molar-refractivity contribution is 7.89. The van der Waals surface area contributed by atoms with Gasteiger partial charge in [-0.1, -0.05) is 12.1 Å². The van der Waals surface area contributed by atoms with Crippen LogP contribution in [0.5, 0.6) is 0 Å². The number of benzene rings is 1. The van der Waals surface area contributed by atoms with E-state index in [9.17, 15) is 13.2 Å². The van der Waals surface area contributed by atoms with Gasteiger partial charge in [0.2, 0.25) is 15.9 Å². The average molecular weight is 353 g/mol. The van der Waals surface area contributed by atoms with Crippen molar-refractivity contribution in [1.29, 1.82) is 0 Å². The number of amides is 1. The molecule has 0 saturated carbocycles. The molecule has 1 fully saturated rings. The largest absolute Gasteiger partial charge is 0.378 e. The molecule has 24 heavy (non-hydrogen) atoms. The Balaban J connectivity index is 1.81. The number of hydrogen-bond acceptors (Lipinski definition) is 4. The highest BCUT2D eigenvalue weighted by atomic mass is 32.2. The molecule has 0 spiro atoms. The molecular formula is C17H27N3O3S. The maximum Gasteiger partial charge on any atom is 0.223 e. The number of rotatable bonds is 6. The minimum Gasteiger partial charge on any atom is -0.378 e. The summed E-state index contributed by atoms with van der Waals surface area (Å²) in [5, 5.41) is 2.96. The third kappa shape index (κ3) is 4.70. The first kappa shape index (κ1) is 18.7. The predicted molar refractivity (Wildman–Crippen MR) is 96.4 cm³/mol. The van der Waals surface area contributed by atoms with Crippen LogP contribution in [0.3, 0.4) is 0 Å². The molecule has 1 saturated heterocycles. The molecular weight excluding hydrogens is 326 g/mol. The van der Waals surface area contributed by atoms with Gasteiger partial charge in [0.15, 0.2) is 0 Å². The van der Waals surface area contributed by atoms with Crippen molar-refractivity contribution >= 4 is 21.6 Å². The third-order valence-electron chi connectivity index (χ3n) is 4.50. The number of anilines is 1. The van der Waals surface area contributed by atoms with Crippen molar-refractivity contribution in [3.8, 4) is 0 Å². The van der Waals surface area contributed by atoms with Gasteiger partial charge in [-0.3, -0.25) is 4.79 Å². The lowest BCUT2D eigenvalue weighted by molar-refractivity contribution is -0.126. The fourth-order valence-electron chi connectivity index (χ4n) is 2.82. The van der Waals surface area contributed by atoms with Gasteiger partial charge >= 0.3 is 0 Å². The lowest BCUT2D eigenvalue weighted by atomic mass is 9.97. The summed E-state index contributed by atoms with van der Waals surface area (Å²) in [6.07, 6.45) is 1.18. The second kappa shape index (κ2) is 7.98. The van der Waals surface area contributed by atoms with Gasteiger partial charge in [-0.05, 0) is 37.5 Å². The molecule has 1 amide bonds. The summed E-state index contributed by atoms with van der Waals surface area (Å²) >= 11 is 0. The lowest BCUT2D eigenvalue weighted by Crippen LogP contribution is -2.43. The maximum absolute atomic E-state index is 12.3. The van der Waals surface area contributed by atoms with Crippen molar-refractivity contribution in [2.24, 2.45) is 5.92 Å². The van der Waals surface area contributed by atoms with Gasteiger partial charge in [0.1, 0.15) is 0 Å². The van der Waals surface area contributed by atoms with E-state index in [-0.39, 0.29) is 17.6 Å². The van der Waals surface area contributed by atoms with Crippen molar-refractivity contribution in [2.75, 3.05) is 37.8 Å². The van der Waals surface area contributed by atoms with Gasteiger partial charge in [0, 0.05) is 45.3 Å². The van der Waals surface area contributed by atoms with E-state index in [1.807, 2.05) is 43.3 Å². The second-order valence-electron chi connectivity index (χ2n) is 6.35. The van der Waals surface area contributed by atoms with Crippen molar-refractivity contribution in [2.45, 2.75) is 26.3 Å². The van der Waals surface area contributed by atoms with E-state index in [0.717, 1.165) is 11.3 Å². The summed E-state index contributed by atoms with van der Waals surface area (Å²) in [5.74, 6) is 0.0295. The fourth-order valence-corrected chi connectivity index (χ4v) is 3.96. The van der Waals surface area contributed by atoms with E-state index in [4.69, 9.17) is 0 Å². The zero-order valence-corrected chi connectivity index (χ0v) is 15.5. The molecule has 1 aromatic rings. The SMILES string of the molecule is CCS(=O)(=O)N1CCC(C(=O)NCc2ccc(N(C)C)cc2)CC1. The molecule has 0 atom stereocenters. The van der Waals surface area contributed by atoms with Crippen LogP contribution < -0.4 is 10.2 Å². The smallest absolute Gasteiger partial charge is 0.223 e. The summed E-state index contributed by atoms with van der Waals surface area (Å²) in [4.78, 5) is 14.3. The Kier molecular flexibility index (Phi) is 6.23. The maximum atomic E-state index is 12.3. The first-order valence-electron chi connectivity index (χ1n) is 8.35. The molecule has 0 aromatic heterocycles. The Morgan fingerprint density at radius 3 is 2.29 bits per heavy atom. The molecule has 0 unspecified atom stereocenters. The zero-order chi connectivity index (χ0) is 17.7. The molecule has 0 radical (unpaired) electrons. The van der Waals surface area contributed by atoms with Crippen LogP contribution in [0.4, 0.5) is 5.69 Å². The van der Waals surface area contributed by atoms with Gasteiger partial charge in [-0.15, -0.1) is 0 Å². The van der Waals surface area contributed by atoms with E-state index >= 15 is 0 Å². The van der Waals surface area contributed by atoms with Crippen LogP contribution in [-0.2, 0) is 21.4 Å². The number of nitrogens with one attached hydrogen (secondary N) is 1. The van der Waals surface area contributed by atoms with Crippen molar-refractivity contribution < 1.29 is 13.2 Å². The molecule has 134 valence electrons. The number of hydrogen-bond donors (Lipinski definition) is 1. The standard InChI is InChI=1S/C17H27N3O3S/c1-4-24(22,23)20-11-9-15(10-12-20)17(21)18-13-14-5-7-16(8-6-14)19(2)3/h5-8,15H,4,9-13H2,1-3H3,(H,18,21). The molecule has 1 aromatic carbocycles. The van der Waals surface area contributed by atoms with Gasteiger partial charge in [-0.25, -0.2) is 12.7 Å². The molecule has 1 N–H and O–H groups in total. The predicted octanol–water partition coefficient (Wildman–Crippen LogP) is 1.43. The van der Waals surface area contributed by atoms with E-state index in [0.29, 0.717) is 32.5 Å². The topological polar surface area (TPSA) is 69.7 Å². The summed E-state index contributed by atoms with van der Waals surface area (Å²) in [6, 6.07) is 8.06. The van der Waals surface area contributed by atoms with Crippen LogP contribution in [0.15, 0.2) is 24.3 Å². The molecule has 7 heteroatoms. The molecule has 1 aliphatic heterocycles. The van der Waals surface area contributed by atoms with Crippen molar-refractivity contribution in [3.63, 3.8) is 0 Å². The highest BCUT2D eigenvalue weighted by Gasteiger charge is 2.29. The van der Waals surface area contributed by atoms with Crippen LogP contribution in [-0.4, -0.2) is 51.6 Å². The summed E-state index contributed by atoms with van der Waals surface area (Å²) < 4.78 is 25.2. The normalized spacial score (nSPS) is 16.8. The highest BCUT2D eigenvalue weighted by Crippen LogP contribution is 2.20. The molecule has 0 bridgehead atoms. The summed E-state index contributed by atoms with van der Waals surface area (Å²) in [5.41, 5.74) is 2.18. The van der Waals surface area contributed by atoms with E-state index < -0.39 is 10.0 Å². The lowest BCUT2D eigenvalue weighted by Gasteiger charge is -2.30.